The molecule has 1 saturated carbocycles. The molecule has 1 heterocycles. The van der Waals surface area contributed by atoms with E-state index in [1.54, 1.807) is 0 Å². The SMILES string of the molecule is Cc1nn(C[C@H]2CC[C@H](COCC(=O)O)CC2)c(-c2ccccc2)c1-c1cccc(Cl)c1. The highest BCUT2D eigenvalue weighted by atomic mass is 35.5. The van der Waals surface area contributed by atoms with Crippen LogP contribution in [0.3, 0.4) is 0 Å². The first kappa shape index (κ1) is 22.6. The fraction of sp³-hybridized carbons (Fsp3) is 0.385. The van der Waals surface area contributed by atoms with E-state index in [0.717, 1.165) is 65.3 Å². The van der Waals surface area contributed by atoms with Gasteiger partial charge >= 0.3 is 5.97 Å². The quantitative estimate of drug-likeness (QED) is 0.449. The molecular formula is C26H29ClN2O3. The highest BCUT2D eigenvalue weighted by Crippen LogP contribution is 2.38. The minimum atomic E-state index is -0.906. The van der Waals surface area contributed by atoms with Crippen molar-refractivity contribution >= 4 is 17.6 Å². The predicted octanol–water partition coefficient (Wildman–Crippen LogP) is 6.09. The molecule has 0 unspecified atom stereocenters. The van der Waals surface area contributed by atoms with Gasteiger partial charge in [-0.1, -0.05) is 54.1 Å². The molecule has 1 N–H and O–H groups in total. The Morgan fingerprint density at radius 1 is 1.06 bits per heavy atom. The fourth-order valence-corrected chi connectivity index (χ4v) is 4.92. The van der Waals surface area contributed by atoms with Crippen molar-refractivity contribution in [3.8, 4) is 22.4 Å². The van der Waals surface area contributed by atoms with Gasteiger partial charge in [0, 0.05) is 22.7 Å². The molecule has 0 radical (unpaired) electrons. The second-order valence-corrected chi connectivity index (χ2v) is 9.10. The van der Waals surface area contributed by atoms with Gasteiger partial charge in [0.05, 0.1) is 18.0 Å². The molecule has 2 aromatic carbocycles. The lowest BCUT2D eigenvalue weighted by atomic mass is 9.82. The van der Waals surface area contributed by atoms with Crippen molar-refractivity contribution in [3.05, 3.63) is 65.3 Å². The van der Waals surface area contributed by atoms with E-state index in [9.17, 15) is 4.79 Å². The zero-order valence-corrected chi connectivity index (χ0v) is 19.1. The van der Waals surface area contributed by atoms with E-state index >= 15 is 0 Å². The van der Waals surface area contributed by atoms with Crippen LogP contribution in [0.15, 0.2) is 54.6 Å². The van der Waals surface area contributed by atoms with Gasteiger partial charge in [0.2, 0.25) is 0 Å². The molecule has 0 aliphatic heterocycles. The Hall–Kier alpha value is -2.63. The standard InChI is InChI=1S/C26H29ClN2O3/c1-18-25(22-8-5-9-23(27)14-22)26(21-6-3-2-4-7-21)29(28-18)15-19-10-12-20(13-11-19)16-32-17-24(30)31/h2-9,14,19-20H,10-13,15-17H2,1H3,(H,30,31)/t19-,20-. The number of carboxylic acids is 1. The summed E-state index contributed by atoms with van der Waals surface area (Å²) >= 11 is 6.30. The third-order valence-electron chi connectivity index (χ3n) is 6.26. The van der Waals surface area contributed by atoms with E-state index in [1.807, 2.05) is 24.3 Å². The number of benzene rings is 2. The minimum absolute atomic E-state index is 0.209. The number of carboxylic acid groups (broad SMARTS) is 1. The second kappa shape index (κ2) is 10.3. The van der Waals surface area contributed by atoms with Crippen molar-refractivity contribution in [1.29, 1.82) is 0 Å². The second-order valence-electron chi connectivity index (χ2n) is 8.66. The maximum absolute atomic E-state index is 10.7. The van der Waals surface area contributed by atoms with Gasteiger partial charge < -0.3 is 9.84 Å². The summed E-state index contributed by atoms with van der Waals surface area (Å²) in [5, 5.41) is 14.4. The third-order valence-corrected chi connectivity index (χ3v) is 6.50. The highest BCUT2D eigenvalue weighted by Gasteiger charge is 2.25. The number of rotatable bonds is 8. The highest BCUT2D eigenvalue weighted by molar-refractivity contribution is 6.30. The van der Waals surface area contributed by atoms with Crippen molar-refractivity contribution in [2.75, 3.05) is 13.2 Å². The van der Waals surface area contributed by atoms with Crippen LogP contribution in [0.4, 0.5) is 0 Å². The molecule has 1 aromatic heterocycles. The zero-order chi connectivity index (χ0) is 22.5. The molecule has 1 fully saturated rings. The van der Waals surface area contributed by atoms with Crippen LogP contribution in [0.5, 0.6) is 0 Å². The molecule has 0 amide bonds. The normalized spacial score (nSPS) is 18.6. The number of aromatic nitrogens is 2. The first-order valence-electron chi connectivity index (χ1n) is 11.2. The van der Waals surface area contributed by atoms with Crippen LogP contribution in [0, 0.1) is 18.8 Å². The van der Waals surface area contributed by atoms with Crippen LogP contribution in [-0.2, 0) is 16.1 Å². The van der Waals surface area contributed by atoms with E-state index in [4.69, 9.17) is 26.5 Å². The fourth-order valence-electron chi connectivity index (χ4n) is 4.73. The summed E-state index contributed by atoms with van der Waals surface area (Å²) in [6.45, 7) is 3.26. The van der Waals surface area contributed by atoms with Crippen molar-refractivity contribution in [2.24, 2.45) is 11.8 Å². The molecule has 5 nitrogen and oxygen atoms in total. The van der Waals surface area contributed by atoms with Gasteiger partial charge in [0.1, 0.15) is 6.61 Å². The van der Waals surface area contributed by atoms with Crippen LogP contribution in [0.2, 0.25) is 5.02 Å². The van der Waals surface area contributed by atoms with Crippen LogP contribution in [0.1, 0.15) is 31.4 Å². The van der Waals surface area contributed by atoms with Gasteiger partial charge in [0.25, 0.3) is 0 Å². The summed E-state index contributed by atoms with van der Waals surface area (Å²) in [6, 6.07) is 18.4. The number of halogens is 1. The Morgan fingerprint density at radius 2 is 1.75 bits per heavy atom. The maximum atomic E-state index is 10.7. The molecule has 0 spiro atoms. The van der Waals surface area contributed by atoms with Crippen molar-refractivity contribution in [1.82, 2.24) is 9.78 Å². The summed E-state index contributed by atoms with van der Waals surface area (Å²) in [7, 11) is 0. The summed E-state index contributed by atoms with van der Waals surface area (Å²) in [5.74, 6) is 0.0805. The lowest BCUT2D eigenvalue weighted by molar-refractivity contribution is -0.142. The number of hydrogen-bond acceptors (Lipinski definition) is 3. The Morgan fingerprint density at radius 3 is 2.44 bits per heavy atom. The Labute approximate surface area is 194 Å². The number of nitrogens with zero attached hydrogens (tertiary/aromatic N) is 2. The number of ether oxygens (including phenoxy) is 1. The van der Waals surface area contributed by atoms with Crippen LogP contribution in [-0.4, -0.2) is 34.1 Å². The topological polar surface area (TPSA) is 64.4 Å². The molecule has 0 bridgehead atoms. The van der Waals surface area contributed by atoms with E-state index in [1.165, 1.54) is 0 Å². The van der Waals surface area contributed by atoms with Gasteiger partial charge in [-0.3, -0.25) is 4.68 Å². The number of carbonyl (C=O) groups is 1. The van der Waals surface area contributed by atoms with E-state index in [0.29, 0.717) is 18.4 Å². The molecule has 0 saturated heterocycles. The van der Waals surface area contributed by atoms with Gasteiger partial charge in [-0.15, -0.1) is 0 Å². The predicted molar refractivity (Wildman–Crippen MR) is 127 cm³/mol. The molecule has 6 heteroatoms. The van der Waals surface area contributed by atoms with Crippen LogP contribution in [0.25, 0.3) is 22.4 Å². The molecule has 1 aliphatic carbocycles. The Kier molecular flexibility index (Phi) is 7.28. The number of aryl methyl sites for hydroxylation is 1. The largest absolute Gasteiger partial charge is 0.480 e. The maximum Gasteiger partial charge on any atom is 0.329 e. The molecule has 3 aromatic rings. The van der Waals surface area contributed by atoms with Crippen molar-refractivity contribution in [2.45, 2.75) is 39.2 Å². The first-order chi connectivity index (χ1) is 15.5. The Balaban J connectivity index is 1.55. The van der Waals surface area contributed by atoms with Crippen molar-refractivity contribution in [3.63, 3.8) is 0 Å². The van der Waals surface area contributed by atoms with Gasteiger partial charge in [-0.05, 0) is 62.1 Å². The summed E-state index contributed by atoms with van der Waals surface area (Å²) < 4.78 is 7.49. The van der Waals surface area contributed by atoms with Gasteiger partial charge in [0.15, 0.2) is 0 Å². The summed E-state index contributed by atoms with van der Waals surface area (Å²) in [4.78, 5) is 10.7. The lowest BCUT2D eigenvalue weighted by Gasteiger charge is -2.28. The van der Waals surface area contributed by atoms with E-state index in [-0.39, 0.29) is 6.61 Å². The van der Waals surface area contributed by atoms with Crippen LogP contribution < -0.4 is 0 Å². The molecule has 32 heavy (non-hydrogen) atoms. The molecular weight excluding hydrogens is 424 g/mol. The monoisotopic (exact) mass is 452 g/mol. The van der Waals surface area contributed by atoms with E-state index in [2.05, 4.69) is 41.9 Å². The molecule has 168 valence electrons. The van der Waals surface area contributed by atoms with E-state index < -0.39 is 5.97 Å². The average Bonchev–Trinajstić information content (AvgIpc) is 3.11. The lowest BCUT2D eigenvalue weighted by Crippen LogP contribution is -2.23. The average molecular weight is 453 g/mol. The third kappa shape index (κ3) is 5.40. The minimum Gasteiger partial charge on any atom is -0.480 e. The summed E-state index contributed by atoms with van der Waals surface area (Å²) in [5.41, 5.74) is 5.51. The smallest absolute Gasteiger partial charge is 0.329 e. The van der Waals surface area contributed by atoms with Gasteiger partial charge in [-0.2, -0.15) is 5.10 Å². The molecule has 1 aliphatic rings. The molecule has 0 atom stereocenters. The number of hydrogen-bond donors (Lipinski definition) is 1. The van der Waals surface area contributed by atoms with Crippen LogP contribution >= 0.6 is 11.6 Å². The molecule has 4 rings (SSSR count). The zero-order valence-electron chi connectivity index (χ0n) is 18.3. The van der Waals surface area contributed by atoms with Crippen molar-refractivity contribution < 1.29 is 14.6 Å². The Bertz CT molecular complexity index is 1060. The number of aliphatic carboxylic acids is 1. The first-order valence-corrected chi connectivity index (χ1v) is 11.6. The van der Waals surface area contributed by atoms with Gasteiger partial charge in [-0.25, -0.2) is 4.79 Å². The summed E-state index contributed by atoms with van der Waals surface area (Å²) in [6.07, 6.45) is 4.32.